The van der Waals surface area contributed by atoms with Gasteiger partial charge in [0.05, 0.1) is 10.7 Å². The van der Waals surface area contributed by atoms with Gasteiger partial charge in [0.25, 0.3) is 0 Å². The third kappa shape index (κ3) is 4.11. The van der Waals surface area contributed by atoms with Gasteiger partial charge in [0.2, 0.25) is 5.91 Å². The smallest absolute Gasteiger partial charge is 0.224 e. The monoisotopic (exact) mass is 240 g/mol. The van der Waals surface area contributed by atoms with Gasteiger partial charge in [-0.2, -0.15) is 0 Å². The Bertz CT molecular complexity index is 396. The fourth-order valence-electron chi connectivity index (χ4n) is 1.29. The van der Waals surface area contributed by atoms with Gasteiger partial charge in [-0.1, -0.05) is 32.4 Å². The van der Waals surface area contributed by atoms with Gasteiger partial charge in [-0.3, -0.25) is 4.79 Å². The minimum Gasteiger partial charge on any atom is -0.398 e. The number of rotatable bonds is 2. The maximum Gasteiger partial charge on any atom is 0.224 e. The zero-order chi connectivity index (χ0) is 12.3. The number of carbonyl (C=O) groups is 1. The molecule has 0 heterocycles. The van der Waals surface area contributed by atoms with Gasteiger partial charge in [-0.15, -0.1) is 0 Å². The van der Waals surface area contributed by atoms with E-state index in [-0.39, 0.29) is 11.3 Å². The van der Waals surface area contributed by atoms with Crippen molar-refractivity contribution in [1.29, 1.82) is 0 Å². The lowest BCUT2D eigenvalue weighted by Gasteiger charge is -2.17. The molecule has 1 aromatic carbocycles. The van der Waals surface area contributed by atoms with E-state index in [1.165, 1.54) is 0 Å². The van der Waals surface area contributed by atoms with Crippen LogP contribution in [0.3, 0.4) is 0 Å². The van der Waals surface area contributed by atoms with Gasteiger partial charge in [0, 0.05) is 12.1 Å². The van der Waals surface area contributed by atoms with Gasteiger partial charge >= 0.3 is 0 Å². The molecule has 0 bridgehead atoms. The Balaban J connectivity index is 2.67. The van der Waals surface area contributed by atoms with Crippen molar-refractivity contribution in [3.8, 4) is 0 Å². The Labute approximate surface area is 101 Å². The number of nitrogens with two attached hydrogens (primary N) is 1. The molecule has 0 unspecified atom stereocenters. The summed E-state index contributed by atoms with van der Waals surface area (Å²) in [7, 11) is 0. The first-order chi connectivity index (χ1) is 7.28. The molecule has 0 saturated carbocycles. The van der Waals surface area contributed by atoms with Gasteiger partial charge in [-0.05, 0) is 23.6 Å². The fraction of sp³-hybridized carbons (Fsp3) is 0.417. The summed E-state index contributed by atoms with van der Waals surface area (Å²) < 4.78 is 0. The number of hydrogen-bond acceptors (Lipinski definition) is 2. The average Bonchev–Trinajstić information content (AvgIpc) is 2.08. The van der Waals surface area contributed by atoms with Gasteiger partial charge in [0.15, 0.2) is 0 Å². The second kappa shape index (κ2) is 4.74. The quantitative estimate of drug-likeness (QED) is 0.780. The molecule has 0 radical (unpaired) electrons. The standard InChI is InChI=1S/C12H17ClN2O/c1-12(2,3)7-11(16)15-8-4-5-10(14)9(13)6-8/h4-6H,7,14H2,1-3H3,(H,15,16). The maximum atomic E-state index is 11.6. The summed E-state index contributed by atoms with van der Waals surface area (Å²) in [6.07, 6.45) is 0.467. The number of benzene rings is 1. The van der Waals surface area contributed by atoms with Crippen LogP contribution in [0.1, 0.15) is 27.2 Å². The summed E-state index contributed by atoms with van der Waals surface area (Å²) >= 11 is 5.85. The maximum absolute atomic E-state index is 11.6. The fourth-order valence-corrected chi connectivity index (χ4v) is 1.47. The molecule has 3 nitrogen and oxygen atoms in total. The third-order valence-electron chi connectivity index (χ3n) is 1.98. The van der Waals surface area contributed by atoms with E-state index in [1.54, 1.807) is 18.2 Å². The summed E-state index contributed by atoms with van der Waals surface area (Å²) in [6, 6.07) is 5.06. The minimum absolute atomic E-state index is 0.0201. The van der Waals surface area contributed by atoms with Crippen LogP contribution in [0, 0.1) is 5.41 Å². The highest BCUT2D eigenvalue weighted by atomic mass is 35.5. The zero-order valence-corrected chi connectivity index (χ0v) is 10.6. The second-order valence-electron chi connectivity index (χ2n) is 5.02. The van der Waals surface area contributed by atoms with Crippen molar-refractivity contribution in [2.75, 3.05) is 11.1 Å². The van der Waals surface area contributed by atoms with E-state index in [2.05, 4.69) is 5.32 Å². The molecule has 1 amide bonds. The number of nitrogen functional groups attached to an aromatic ring is 1. The van der Waals surface area contributed by atoms with Crippen LogP contribution in [-0.2, 0) is 4.79 Å². The van der Waals surface area contributed by atoms with E-state index >= 15 is 0 Å². The normalized spacial score (nSPS) is 11.2. The van der Waals surface area contributed by atoms with Crippen molar-refractivity contribution in [2.45, 2.75) is 27.2 Å². The molecule has 1 rings (SSSR count). The molecule has 0 aliphatic rings. The number of anilines is 2. The van der Waals surface area contributed by atoms with Crippen LogP contribution in [0.2, 0.25) is 5.02 Å². The van der Waals surface area contributed by atoms with Gasteiger partial charge < -0.3 is 11.1 Å². The molecular formula is C12H17ClN2O. The van der Waals surface area contributed by atoms with Crippen LogP contribution in [0.15, 0.2) is 18.2 Å². The van der Waals surface area contributed by atoms with E-state index in [0.29, 0.717) is 22.8 Å². The summed E-state index contributed by atoms with van der Waals surface area (Å²) in [5, 5.41) is 3.24. The number of amides is 1. The van der Waals surface area contributed by atoms with Crippen molar-refractivity contribution in [2.24, 2.45) is 5.41 Å². The molecular weight excluding hydrogens is 224 g/mol. The summed E-state index contributed by atoms with van der Waals surface area (Å²) in [6.45, 7) is 6.05. The molecule has 0 atom stereocenters. The highest BCUT2D eigenvalue weighted by Gasteiger charge is 2.15. The summed E-state index contributed by atoms with van der Waals surface area (Å²) in [5.41, 5.74) is 6.73. The van der Waals surface area contributed by atoms with E-state index in [9.17, 15) is 4.79 Å². The Morgan fingerprint density at radius 1 is 1.44 bits per heavy atom. The second-order valence-corrected chi connectivity index (χ2v) is 5.43. The van der Waals surface area contributed by atoms with Crippen molar-refractivity contribution in [3.63, 3.8) is 0 Å². The number of hydrogen-bond donors (Lipinski definition) is 2. The zero-order valence-electron chi connectivity index (χ0n) is 9.80. The first-order valence-corrected chi connectivity index (χ1v) is 5.50. The van der Waals surface area contributed by atoms with E-state index in [1.807, 2.05) is 20.8 Å². The van der Waals surface area contributed by atoms with Gasteiger partial charge in [0.1, 0.15) is 0 Å². The van der Waals surface area contributed by atoms with Crippen LogP contribution in [-0.4, -0.2) is 5.91 Å². The summed E-state index contributed by atoms with van der Waals surface area (Å²) in [4.78, 5) is 11.6. The van der Waals surface area contributed by atoms with Gasteiger partial charge in [-0.25, -0.2) is 0 Å². The Morgan fingerprint density at radius 3 is 2.56 bits per heavy atom. The van der Waals surface area contributed by atoms with Crippen LogP contribution < -0.4 is 11.1 Å². The van der Waals surface area contributed by atoms with Crippen molar-refractivity contribution >= 4 is 28.9 Å². The summed E-state index contributed by atoms with van der Waals surface area (Å²) in [5.74, 6) is -0.0201. The Morgan fingerprint density at radius 2 is 2.06 bits per heavy atom. The predicted molar refractivity (Wildman–Crippen MR) is 68.6 cm³/mol. The molecule has 0 aromatic heterocycles. The molecule has 1 aromatic rings. The lowest BCUT2D eigenvalue weighted by molar-refractivity contribution is -0.117. The van der Waals surface area contributed by atoms with Crippen LogP contribution in [0.4, 0.5) is 11.4 Å². The molecule has 16 heavy (non-hydrogen) atoms. The molecule has 0 fully saturated rings. The molecule has 3 N–H and O–H groups in total. The SMILES string of the molecule is CC(C)(C)CC(=O)Nc1ccc(N)c(Cl)c1. The largest absolute Gasteiger partial charge is 0.398 e. The van der Waals surface area contributed by atoms with Crippen LogP contribution in [0.25, 0.3) is 0 Å². The number of nitrogens with one attached hydrogen (secondary N) is 1. The topological polar surface area (TPSA) is 55.1 Å². The molecule has 88 valence electrons. The van der Waals surface area contributed by atoms with Crippen LogP contribution >= 0.6 is 11.6 Å². The Kier molecular flexibility index (Phi) is 3.81. The lowest BCUT2D eigenvalue weighted by Crippen LogP contribution is -2.19. The highest BCUT2D eigenvalue weighted by Crippen LogP contribution is 2.24. The minimum atomic E-state index is -0.0261. The average molecular weight is 241 g/mol. The Hall–Kier alpha value is -1.22. The first-order valence-electron chi connectivity index (χ1n) is 5.13. The molecule has 4 heteroatoms. The molecule has 0 spiro atoms. The molecule has 0 saturated heterocycles. The van der Waals surface area contributed by atoms with Crippen molar-refractivity contribution in [1.82, 2.24) is 0 Å². The highest BCUT2D eigenvalue weighted by molar-refractivity contribution is 6.33. The molecule has 0 aliphatic carbocycles. The van der Waals surface area contributed by atoms with E-state index in [0.717, 1.165) is 0 Å². The lowest BCUT2D eigenvalue weighted by atomic mass is 9.92. The number of carbonyl (C=O) groups excluding carboxylic acids is 1. The van der Waals surface area contributed by atoms with Crippen LogP contribution in [0.5, 0.6) is 0 Å². The third-order valence-corrected chi connectivity index (χ3v) is 2.30. The first kappa shape index (κ1) is 12.8. The van der Waals surface area contributed by atoms with Crippen molar-refractivity contribution < 1.29 is 4.79 Å². The molecule has 0 aliphatic heterocycles. The van der Waals surface area contributed by atoms with Crippen molar-refractivity contribution in [3.05, 3.63) is 23.2 Å². The van der Waals surface area contributed by atoms with E-state index in [4.69, 9.17) is 17.3 Å². The predicted octanol–water partition coefficient (Wildman–Crippen LogP) is 3.30. The van der Waals surface area contributed by atoms with E-state index < -0.39 is 0 Å². The number of halogens is 1.